The summed E-state index contributed by atoms with van der Waals surface area (Å²) in [5, 5.41) is 3.42. The van der Waals surface area contributed by atoms with Gasteiger partial charge in [0.05, 0.1) is 6.61 Å². The minimum absolute atomic E-state index is 0.462. The van der Waals surface area contributed by atoms with Crippen LogP contribution < -0.4 is 10.1 Å². The van der Waals surface area contributed by atoms with E-state index in [-0.39, 0.29) is 0 Å². The molecule has 1 aliphatic rings. The largest absolute Gasteiger partial charge is 0.494 e. The Balaban J connectivity index is 2.43. The zero-order valence-corrected chi connectivity index (χ0v) is 12.1. The lowest BCUT2D eigenvalue weighted by Crippen LogP contribution is -2.16. The predicted molar refractivity (Wildman–Crippen MR) is 74.7 cm³/mol. The van der Waals surface area contributed by atoms with E-state index >= 15 is 0 Å². The van der Waals surface area contributed by atoms with Crippen LogP contribution in [0.25, 0.3) is 0 Å². The predicted octanol–water partition coefficient (Wildman–Crippen LogP) is 3.83. The van der Waals surface area contributed by atoms with Gasteiger partial charge in [-0.2, -0.15) is 0 Å². The molecule has 1 unspecified atom stereocenters. The van der Waals surface area contributed by atoms with E-state index in [1.807, 2.05) is 14.0 Å². The summed E-state index contributed by atoms with van der Waals surface area (Å²) < 4.78 is 6.82. The monoisotopic (exact) mass is 297 g/mol. The number of halogens is 1. The van der Waals surface area contributed by atoms with Crippen LogP contribution >= 0.6 is 15.9 Å². The van der Waals surface area contributed by atoms with E-state index in [9.17, 15) is 0 Å². The fraction of sp³-hybridized carbons (Fsp3) is 0.571. The summed E-state index contributed by atoms with van der Waals surface area (Å²) in [6, 6.07) is 4.76. The van der Waals surface area contributed by atoms with E-state index in [4.69, 9.17) is 4.74 Å². The Hall–Kier alpha value is -0.540. The van der Waals surface area contributed by atoms with Gasteiger partial charge in [-0.25, -0.2) is 0 Å². The van der Waals surface area contributed by atoms with Gasteiger partial charge in [-0.15, -0.1) is 0 Å². The molecule has 0 saturated heterocycles. The molecule has 0 aliphatic heterocycles. The maximum absolute atomic E-state index is 5.63. The minimum Gasteiger partial charge on any atom is -0.494 e. The van der Waals surface area contributed by atoms with Crippen molar-refractivity contribution in [2.24, 2.45) is 0 Å². The van der Waals surface area contributed by atoms with Crippen LogP contribution in [0.2, 0.25) is 0 Å². The van der Waals surface area contributed by atoms with Crippen LogP contribution in [0, 0.1) is 0 Å². The first-order valence-electron chi connectivity index (χ1n) is 6.38. The summed E-state index contributed by atoms with van der Waals surface area (Å²) in [6.45, 7) is 2.74. The van der Waals surface area contributed by atoms with Crippen molar-refractivity contribution >= 4 is 15.9 Å². The second kappa shape index (κ2) is 5.87. The Morgan fingerprint density at radius 2 is 2.24 bits per heavy atom. The molecule has 3 heteroatoms. The van der Waals surface area contributed by atoms with Crippen molar-refractivity contribution in [2.75, 3.05) is 13.7 Å². The lowest BCUT2D eigenvalue weighted by Gasteiger charge is -2.19. The molecule has 0 radical (unpaired) electrons. The third kappa shape index (κ3) is 2.83. The molecule has 0 saturated carbocycles. The van der Waals surface area contributed by atoms with Crippen LogP contribution in [0.15, 0.2) is 16.6 Å². The van der Waals surface area contributed by atoms with Crippen LogP contribution in [0.4, 0.5) is 0 Å². The Kier molecular flexibility index (Phi) is 4.46. The van der Waals surface area contributed by atoms with Crippen molar-refractivity contribution in [2.45, 2.75) is 38.6 Å². The highest BCUT2D eigenvalue weighted by atomic mass is 79.9. The zero-order valence-electron chi connectivity index (χ0n) is 10.6. The van der Waals surface area contributed by atoms with Crippen LogP contribution in [-0.2, 0) is 6.42 Å². The number of hydrogen-bond donors (Lipinski definition) is 1. The van der Waals surface area contributed by atoms with E-state index in [0.717, 1.165) is 12.4 Å². The highest BCUT2D eigenvalue weighted by Gasteiger charge is 2.20. The molecule has 94 valence electrons. The van der Waals surface area contributed by atoms with Gasteiger partial charge in [-0.3, -0.25) is 0 Å². The van der Waals surface area contributed by atoms with Crippen molar-refractivity contribution in [3.05, 3.63) is 27.7 Å². The van der Waals surface area contributed by atoms with Crippen LogP contribution in [0.1, 0.15) is 43.4 Å². The molecule has 1 aliphatic carbocycles. The summed E-state index contributed by atoms with van der Waals surface area (Å²) >= 11 is 3.69. The van der Waals surface area contributed by atoms with Gasteiger partial charge in [0, 0.05) is 10.5 Å². The van der Waals surface area contributed by atoms with E-state index in [1.54, 1.807) is 0 Å². The van der Waals surface area contributed by atoms with Crippen molar-refractivity contribution < 1.29 is 4.74 Å². The molecule has 2 nitrogen and oxygen atoms in total. The lowest BCUT2D eigenvalue weighted by molar-refractivity contribution is 0.339. The van der Waals surface area contributed by atoms with Crippen LogP contribution in [-0.4, -0.2) is 13.7 Å². The maximum Gasteiger partial charge on any atom is 0.120 e. The molecule has 0 fully saturated rings. The highest BCUT2D eigenvalue weighted by molar-refractivity contribution is 9.10. The van der Waals surface area contributed by atoms with Gasteiger partial charge in [0.2, 0.25) is 0 Å². The highest BCUT2D eigenvalue weighted by Crippen LogP contribution is 2.36. The van der Waals surface area contributed by atoms with Crippen LogP contribution in [0.3, 0.4) is 0 Å². The second-order valence-electron chi connectivity index (χ2n) is 4.49. The number of fused-ring (bicyclic) bond motifs is 1. The molecule has 0 aromatic heterocycles. The maximum atomic E-state index is 5.63. The number of ether oxygens (including phenoxy) is 1. The number of hydrogen-bond acceptors (Lipinski definition) is 2. The molecule has 0 heterocycles. The molecule has 1 aromatic carbocycles. The van der Waals surface area contributed by atoms with Gasteiger partial charge < -0.3 is 10.1 Å². The van der Waals surface area contributed by atoms with E-state index < -0.39 is 0 Å². The molecule has 1 aromatic rings. The first-order chi connectivity index (χ1) is 8.26. The number of rotatable bonds is 3. The van der Waals surface area contributed by atoms with Gasteiger partial charge in [0.25, 0.3) is 0 Å². The fourth-order valence-corrected chi connectivity index (χ4v) is 3.21. The van der Waals surface area contributed by atoms with Crippen molar-refractivity contribution in [3.8, 4) is 5.75 Å². The quantitative estimate of drug-likeness (QED) is 0.856. The van der Waals surface area contributed by atoms with E-state index in [2.05, 4.69) is 33.4 Å². The number of nitrogens with one attached hydrogen (secondary N) is 1. The third-order valence-corrected chi connectivity index (χ3v) is 4.12. The summed E-state index contributed by atoms with van der Waals surface area (Å²) in [5.41, 5.74) is 2.85. The Labute approximate surface area is 112 Å². The molecule has 0 spiro atoms. The summed E-state index contributed by atoms with van der Waals surface area (Å²) in [7, 11) is 2.04. The van der Waals surface area contributed by atoms with Crippen molar-refractivity contribution in [3.63, 3.8) is 0 Å². The molecule has 1 N–H and O–H groups in total. The fourth-order valence-electron chi connectivity index (χ4n) is 2.56. The van der Waals surface area contributed by atoms with Gasteiger partial charge in [0.1, 0.15) is 5.75 Å². The normalized spacial score (nSPS) is 19.6. The van der Waals surface area contributed by atoms with Gasteiger partial charge in [0.15, 0.2) is 0 Å². The standard InChI is InChI=1S/C14H20BrNO/c1-3-17-10-8-12-11(13(15)9-10)6-4-5-7-14(12)16-2/h8-9,14,16H,3-7H2,1-2H3. The summed E-state index contributed by atoms with van der Waals surface area (Å²) in [6.07, 6.45) is 4.94. The van der Waals surface area contributed by atoms with E-state index in [0.29, 0.717) is 6.04 Å². The molecule has 1 atom stereocenters. The molecule has 0 amide bonds. The summed E-state index contributed by atoms with van der Waals surface area (Å²) in [5.74, 6) is 0.972. The van der Waals surface area contributed by atoms with Crippen LogP contribution in [0.5, 0.6) is 5.75 Å². The smallest absolute Gasteiger partial charge is 0.120 e. The lowest BCUT2D eigenvalue weighted by atomic mass is 9.99. The topological polar surface area (TPSA) is 21.3 Å². The van der Waals surface area contributed by atoms with Gasteiger partial charge in [-0.1, -0.05) is 22.4 Å². The molecular weight excluding hydrogens is 278 g/mol. The zero-order chi connectivity index (χ0) is 12.3. The van der Waals surface area contributed by atoms with E-state index in [1.165, 1.54) is 41.3 Å². The number of benzene rings is 1. The molecule has 2 rings (SSSR count). The molecule has 17 heavy (non-hydrogen) atoms. The summed E-state index contributed by atoms with van der Waals surface area (Å²) in [4.78, 5) is 0. The van der Waals surface area contributed by atoms with Gasteiger partial charge >= 0.3 is 0 Å². The minimum atomic E-state index is 0.462. The Bertz CT molecular complexity index is 392. The van der Waals surface area contributed by atoms with Crippen molar-refractivity contribution in [1.82, 2.24) is 5.32 Å². The first-order valence-corrected chi connectivity index (χ1v) is 7.18. The Morgan fingerprint density at radius 1 is 1.41 bits per heavy atom. The van der Waals surface area contributed by atoms with Gasteiger partial charge in [-0.05, 0) is 56.5 Å². The first kappa shape index (κ1) is 12.9. The molecular formula is C14H20BrNO. The third-order valence-electron chi connectivity index (χ3n) is 3.41. The average molecular weight is 298 g/mol. The SMILES string of the molecule is CCOc1cc(Br)c2c(c1)C(NC)CCCC2. The van der Waals surface area contributed by atoms with Crippen molar-refractivity contribution in [1.29, 1.82) is 0 Å². The molecule has 0 bridgehead atoms. The average Bonchev–Trinajstić information content (AvgIpc) is 2.51. The second-order valence-corrected chi connectivity index (χ2v) is 5.35. The Morgan fingerprint density at radius 3 is 2.94 bits per heavy atom.